The van der Waals surface area contributed by atoms with Crippen LogP contribution in [0.25, 0.3) is 0 Å². The minimum absolute atomic E-state index is 0.102. The summed E-state index contributed by atoms with van der Waals surface area (Å²) in [6, 6.07) is 7.98. The highest BCUT2D eigenvalue weighted by Gasteiger charge is 2.43. The summed E-state index contributed by atoms with van der Waals surface area (Å²) in [5.74, 6) is 0.519. The fourth-order valence-corrected chi connectivity index (χ4v) is 4.04. The number of carbonyl (C=O) groups excluding carboxylic acids is 2. The number of benzene rings is 1. The Hall–Kier alpha value is -2.08. The molecule has 1 spiro atoms. The average molecular weight is 329 g/mol. The van der Waals surface area contributed by atoms with E-state index in [2.05, 4.69) is 16.7 Å². The molecule has 3 aliphatic heterocycles. The topological polar surface area (TPSA) is 70.7 Å². The van der Waals surface area contributed by atoms with Gasteiger partial charge in [0, 0.05) is 38.0 Å². The van der Waals surface area contributed by atoms with Gasteiger partial charge in [-0.1, -0.05) is 18.2 Å². The third kappa shape index (κ3) is 2.75. The predicted molar refractivity (Wildman–Crippen MR) is 89.0 cm³/mol. The fraction of sp³-hybridized carbons (Fsp3) is 0.556. The minimum Gasteiger partial charge on any atom is -0.441 e. The third-order valence-electron chi connectivity index (χ3n) is 5.52. The Balaban J connectivity index is 1.48. The van der Waals surface area contributed by atoms with Gasteiger partial charge in [-0.05, 0) is 30.5 Å². The van der Waals surface area contributed by atoms with Crippen molar-refractivity contribution in [3.8, 4) is 0 Å². The Morgan fingerprint density at radius 3 is 2.71 bits per heavy atom. The normalized spacial score (nSPS) is 25.6. The van der Waals surface area contributed by atoms with Crippen molar-refractivity contribution in [1.29, 1.82) is 0 Å². The summed E-state index contributed by atoms with van der Waals surface area (Å²) in [5, 5.41) is 6.10. The third-order valence-corrected chi connectivity index (χ3v) is 5.52. The lowest BCUT2D eigenvalue weighted by molar-refractivity contribution is 0.00327. The fourth-order valence-electron chi connectivity index (χ4n) is 4.04. The maximum absolute atomic E-state index is 13.0. The maximum Gasteiger partial charge on any atom is 0.407 e. The summed E-state index contributed by atoms with van der Waals surface area (Å²) in [7, 11) is 0. The summed E-state index contributed by atoms with van der Waals surface area (Å²) in [4.78, 5) is 26.3. The number of hydrogen-bond acceptors (Lipinski definition) is 4. The molecule has 3 heterocycles. The lowest BCUT2D eigenvalue weighted by Gasteiger charge is -2.37. The molecule has 0 radical (unpaired) electrons. The molecule has 6 nitrogen and oxygen atoms in total. The number of hydrogen-bond donors (Lipinski definition) is 2. The highest BCUT2D eigenvalue weighted by atomic mass is 16.6. The highest BCUT2D eigenvalue weighted by molar-refractivity contribution is 5.96. The molecule has 0 unspecified atom stereocenters. The second-order valence-corrected chi connectivity index (χ2v) is 7.00. The first-order valence-electron chi connectivity index (χ1n) is 8.73. The van der Waals surface area contributed by atoms with Crippen LogP contribution in [-0.2, 0) is 4.74 Å². The van der Waals surface area contributed by atoms with E-state index < -0.39 is 5.60 Å². The van der Waals surface area contributed by atoms with Crippen molar-refractivity contribution in [1.82, 2.24) is 15.5 Å². The number of rotatable bonds is 2. The van der Waals surface area contributed by atoms with Gasteiger partial charge in [-0.2, -0.15) is 0 Å². The molecule has 1 atom stereocenters. The lowest BCUT2D eigenvalue weighted by atomic mass is 9.89. The van der Waals surface area contributed by atoms with E-state index in [-0.39, 0.29) is 12.0 Å². The van der Waals surface area contributed by atoms with E-state index in [0.717, 1.165) is 30.6 Å². The summed E-state index contributed by atoms with van der Waals surface area (Å²) < 4.78 is 5.43. The van der Waals surface area contributed by atoms with Gasteiger partial charge in [-0.3, -0.25) is 4.79 Å². The smallest absolute Gasteiger partial charge is 0.407 e. The molecule has 2 amide bonds. The minimum atomic E-state index is -0.414. The second kappa shape index (κ2) is 6.09. The lowest BCUT2D eigenvalue weighted by Crippen LogP contribution is -2.48. The van der Waals surface area contributed by atoms with E-state index in [1.54, 1.807) is 0 Å². The molecular weight excluding hydrogens is 306 g/mol. The molecule has 1 aromatic rings. The molecule has 0 bridgehead atoms. The van der Waals surface area contributed by atoms with Gasteiger partial charge in [0.2, 0.25) is 0 Å². The van der Waals surface area contributed by atoms with Crippen LogP contribution in [0.3, 0.4) is 0 Å². The van der Waals surface area contributed by atoms with Crippen LogP contribution in [-0.4, -0.2) is 55.2 Å². The van der Waals surface area contributed by atoms with Crippen molar-refractivity contribution in [2.45, 2.75) is 30.8 Å². The number of nitrogens with zero attached hydrogens (tertiary/aromatic N) is 1. The van der Waals surface area contributed by atoms with E-state index in [9.17, 15) is 9.59 Å². The Morgan fingerprint density at radius 2 is 2.04 bits per heavy atom. The van der Waals surface area contributed by atoms with Crippen LogP contribution in [0.1, 0.15) is 41.1 Å². The van der Waals surface area contributed by atoms with Crippen LogP contribution >= 0.6 is 0 Å². The number of amides is 2. The zero-order chi connectivity index (χ0) is 16.6. The Labute approximate surface area is 141 Å². The summed E-state index contributed by atoms with van der Waals surface area (Å²) in [5.41, 5.74) is 1.56. The molecule has 0 aromatic heterocycles. The summed E-state index contributed by atoms with van der Waals surface area (Å²) in [6.07, 6.45) is 2.14. The molecule has 3 fully saturated rings. The molecule has 3 aliphatic rings. The van der Waals surface area contributed by atoms with Gasteiger partial charge in [-0.25, -0.2) is 4.79 Å². The van der Waals surface area contributed by atoms with Gasteiger partial charge >= 0.3 is 6.09 Å². The number of ether oxygens (including phenoxy) is 1. The first-order valence-corrected chi connectivity index (χ1v) is 8.73. The summed E-state index contributed by atoms with van der Waals surface area (Å²) in [6.45, 7) is 3.76. The second-order valence-electron chi connectivity index (χ2n) is 7.00. The first-order chi connectivity index (χ1) is 11.7. The molecule has 4 rings (SSSR count). The molecule has 128 valence electrons. The quantitative estimate of drug-likeness (QED) is 0.862. The van der Waals surface area contributed by atoms with Crippen LogP contribution in [0.4, 0.5) is 4.79 Å². The molecule has 2 N–H and O–H groups in total. The number of alkyl carbamates (subject to hydrolysis) is 1. The summed E-state index contributed by atoms with van der Waals surface area (Å²) >= 11 is 0. The van der Waals surface area contributed by atoms with Gasteiger partial charge in [0.25, 0.3) is 5.91 Å². The van der Waals surface area contributed by atoms with Crippen molar-refractivity contribution in [3.63, 3.8) is 0 Å². The molecule has 0 aliphatic carbocycles. The molecule has 3 saturated heterocycles. The van der Waals surface area contributed by atoms with Crippen molar-refractivity contribution >= 4 is 12.0 Å². The zero-order valence-electron chi connectivity index (χ0n) is 13.7. The monoisotopic (exact) mass is 329 g/mol. The van der Waals surface area contributed by atoms with E-state index in [4.69, 9.17) is 4.74 Å². The maximum atomic E-state index is 13.0. The van der Waals surface area contributed by atoms with E-state index >= 15 is 0 Å². The highest BCUT2D eigenvalue weighted by Crippen LogP contribution is 2.31. The van der Waals surface area contributed by atoms with Crippen LogP contribution in [0, 0.1) is 0 Å². The van der Waals surface area contributed by atoms with Gasteiger partial charge in [0.05, 0.1) is 6.54 Å². The molecule has 0 saturated carbocycles. The van der Waals surface area contributed by atoms with Gasteiger partial charge < -0.3 is 20.3 Å². The van der Waals surface area contributed by atoms with Gasteiger partial charge in [0.15, 0.2) is 0 Å². The zero-order valence-corrected chi connectivity index (χ0v) is 13.7. The number of piperidine rings is 1. The van der Waals surface area contributed by atoms with Crippen LogP contribution in [0.5, 0.6) is 0 Å². The van der Waals surface area contributed by atoms with Gasteiger partial charge in [-0.15, -0.1) is 0 Å². The molecule has 1 aromatic carbocycles. The van der Waals surface area contributed by atoms with Crippen LogP contribution in [0.15, 0.2) is 24.3 Å². The number of likely N-dealkylation sites (tertiary alicyclic amines) is 1. The molecule has 24 heavy (non-hydrogen) atoms. The van der Waals surface area contributed by atoms with Gasteiger partial charge in [0.1, 0.15) is 5.60 Å². The van der Waals surface area contributed by atoms with E-state index in [0.29, 0.717) is 38.4 Å². The predicted octanol–water partition coefficient (Wildman–Crippen LogP) is 1.48. The van der Waals surface area contributed by atoms with E-state index in [1.165, 1.54) is 0 Å². The number of nitrogens with one attached hydrogen (secondary N) is 2. The Bertz CT molecular complexity index is 647. The Morgan fingerprint density at radius 1 is 1.25 bits per heavy atom. The standard InChI is InChI=1S/C18H23N3O3/c22-16(15-4-2-1-3-14(15)13-5-8-19-11-13)21-9-6-18(7-10-21)12-20-17(23)24-18/h1-4,13,19H,5-12H2,(H,20,23)/t13-/m1/s1. The van der Waals surface area contributed by atoms with Crippen molar-refractivity contribution in [2.75, 3.05) is 32.7 Å². The Kier molecular flexibility index (Phi) is 3.92. The molecular formula is C18H23N3O3. The van der Waals surface area contributed by atoms with Crippen molar-refractivity contribution in [3.05, 3.63) is 35.4 Å². The van der Waals surface area contributed by atoms with Crippen molar-refractivity contribution in [2.24, 2.45) is 0 Å². The van der Waals surface area contributed by atoms with Crippen LogP contribution in [0.2, 0.25) is 0 Å². The SMILES string of the molecule is O=C1NCC2(CCN(C(=O)c3ccccc3[C@@H]3CCNC3)CC2)O1. The van der Waals surface area contributed by atoms with Crippen LogP contribution < -0.4 is 10.6 Å². The molecule has 6 heteroatoms. The van der Waals surface area contributed by atoms with E-state index in [1.807, 2.05) is 23.1 Å². The largest absolute Gasteiger partial charge is 0.441 e. The first kappa shape index (κ1) is 15.4. The average Bonchev–Trinajstić information content (AvgIpc) is 3.26. The van der Waals surface area contributed by atoms with Crippen molar-refractivity contribution < 1.29 is 14.3 Å². The number of carbonyl (C=O) groups is 2.